The third-order valence-corrected chi connectivity index (χ3v) is 6.35. The predicted octanol–water partition coefficient (Wildman–Crippen LogP) is 4.65. The van der Waals surface area contributed by atoms with E-state index in [1.165, 1.54) is 17.8 Å². The smallest absolute Gasteiger partial charge is 0.292 e. The fourth-order valence-electron chi connectivity index (χ4n) is 3.51. The maximum Gasteiger partial charge on any atom is 0.349 e. The van der Waals surface area contributed by atoms with Crippen LogP contribution in [0.3, 0.4) is 0 Å². The summed E-state index contributed by atoms with van der Waals surface area (Å²) in [5.74, 6) is 0.0126. The zero-order valence-electron chi connectivity index (χ0n) is 15.2. The molecule has 0 atom stereocenters. The fourth-order valence-corrected chi connectivity index (χ4v) is 4.93. The van der Waals surface area contributed by atoms with E-state index in [9.17, 15) is 9.18 Å². The summed E-state index contributed by atoms with van der Waals surface area (Å²) in [7, 11) is 0. The molecule has 0 aliphatic heterocycles. The van der Waals surface area contributed by atoms with E-state index in [4.69, 9.17) is 11.6 Å². The number of aromatic nitrogens is 3. The summed E-state index contributed by atoms with van der Waals surface area (Å²) in [6, 6.07) is 8.48. The number of halogens is 2. The van der Waals surface area contributed by atoms with Crippen molar-refractivity contribution in [2.75, 3.05) is 0 Å². The molecule has 0 bridgehead atoms. The van der Waals surface area contributed by atoms with Gasteiger partial charge in [0, 0.05) is 40.0 Å². The lowest BCUT2D eigenvalue weighted by molar-refractivity contribution is 0.569. The molecular formula is C21H19ClFN3OS. The quantitative estimate of drug-likeness (QED) is 0.449. The minimum Gasteiger partial charge on any atom is -0.292 e. The van der Waals surface area contributed by atoms with Gasteiger partial charge in [-0.05, 0) is 55.5 Å². The van der Waals surface area contributed by atoms with Crippen molar-refractivity contribution in [3.8, 4) is 0 Å². The Hall–Kier alpha value is -2.18. The minimum atomic E-state index is -0.333. The lowest BCUT2D eigenvalue weighted by atomic mass is 9.97. The van der Waals surface area contributed by atoms with Crippen LogP contribution in [0.4, 0.5) is 4.39 Å². The van der Waals surface area contributed by atoms with Crippen LogP contribution in [0.15, 0.2) is 52.5 Å². The summed E-state index contributed by atoms with van der Waals surface area (Å²) in [5.41, 5.74) is 3.36. The van der Waals surface area contributed by atoms with Crippen LogP contribution in [-0.4, -0.2) is 14.5 Å². The number of pyridine rings is 1. The standard InChI is InChI=1S/C21H19ClFN3OS/c22-17-5-3-6-18(23)16(17)13-28-20-15-4-1-2-7-19(15)26(21(27)25-20)12-14-8-10-24-11-9-14/h3,5-6,8-11H,1-2,4,7,12-13H2. The molecule has 0 spiro atoms. The molecule has 0 unspecified atom stereocenters. The lowest BCUT2D eigenvalue weighted by Gasteiger charge is -2.23. The first-order valence-corrected chi connectivity index (χ1v) is 10.6. The van der Waals surface area contributed by atoms with Gasteiger partial charge >= 0.3 is 5.69 Å². The van der Waals surface area contributed by atoms with Crippen molar-refractivity contribution in [3.05, 3.63) is 86.4 Å². The average molecular weight is 416 g/mol. The summed E-state index contributed by atoms with van der Waals surface area (Å²) in [4.78, 5) is 21.2. The Morgan fingerprint density at radius 1 is 1.14 bits per heavy atom. The second-order valence-corrected chi connectivity index (χ2v) is 8.13. The fraction of sp³-hybridized carbons (Fsp3) is 0.286. The molecule has 2 aromatic heterocycles. The van der Waals surface area contributed by atoms with Crippen LogP contribution in [0.5, 0.6) is 0 Å². The van der Waals surface area contributed by atoms with Gasteiger partial charge in [0.25, 0.3) is 0 Å². The van der Waals surface area contributed by atoms with Gasteiger partial charge < -0.3 is 0 Å². The number of thioether (sulfide) groups is 1. The normalized spacial score (nSPS) is 13.4. The summed E-state index contributed by atoms with van der Waals surface area (Å²) in [5, 5.41) is 1.09. The van der Waals surface area contributed by atoms with E-state index < -0.39 is 0 Å². The van der Waals surface area contributed by atoms with Gasteiger partial charge in [0.2, 0.25) is 0 Å². The van der Waals surface area contributed by atoms with Gasteiger partial charge in [0.15, 0.2) is 0 Å². The average Bonchev–Trinajstić information content (AvgIpc) is 2.71. The van der Waals surface area contributed by atoms with Gasteiger partial charge in [0.1, 0.15) is 10.8 Å². The highest BCUT2D eigenvalue weighted by Gasteiger charge is 2.21. The number of fused-ring (bicyclic) bond motifs is 1. The van der Waals surface area contributed by atoms with Gasteiger partial charge in [-0.15, -0.1) is 11.8 Å². The maximum absolute atomic E-state index is 14.1. The van der Waals surface area contributed by atoms with Crippen molar-refractivity contribution in [3.63, 3.8) is 0 Å². The number of rotatable bonds is 5. The highest BCUT2D eigenvalue weighted by Crippen LogP contribution is 2.32. The van der Waals surface area contributed by atoms with Crippen LogP contribution >= 0.6 is 23.4 Å². The van der Waals surface area contributed by atoms with Crippen LogP contribution in [0.1, 0.15) is 35.2 Å². The molecule has 144 valence electrons. The van der Waals surface area contributed by atoms with E-state index in [1.807, 2.05) is 12.1 Å². The maximum atomic E-state index is 14.1. The minimum absolute atomic E-state index is 0.264. The van der Waals surface area contributed by atoms with Crippen LogP contribution in [0, 0.1) is 5.82 Å². The topological polar surface area (TPSA) is 47.8 Å². The van der Waals surface area contributed by atoms with Crippen LogP contribution in [-0.2, 0) is 25.1 Å². The molecule has 0 fully saturated rings. The number of hydrogen-bond donors (Lipinski definition) is 0. The second-order valence-electron chi connectivity index (χ2n) is 6.76. The molecule has 0 N–H and O–H groups in total. The monoisotopic (exact) mass is 415 g/mol. The van der Waals surface area contributed by atoms with Crippen molar-refractivity contribution in [1.29, 1.82) is 0 Å². The van der Waals surface area contributed by atoms with E-state index in [1.54, 1.807) is 29.1 Å². The Morgan fingerprint density at radius 3 is 2.71 bits per heavy atom. The molecule has 2 heterocycles. The van der Waals surface area contributed by atoms with Gasteiger partial charge in [-0.1, -0.05) is 17.7 Å². The van der Waals surface area contributed by atoms with Crippen molar-refractivity contribution in [2.24, 2.45) is 0 Å². The SMILES string of the molecule is O=c1nc(SCc2c(F)cccc2Cl)c2c(n1Cc1ccncc1)CCCC2. The summed E-state index contributed by atoms with van der Waals surface area (Å²) < 4.78 is 15.9. The molecule has 1 aliphatic carbocycles. The lowest BCUT2D eigenvalue weighted by Crippen LogP contribution is -2.30. The highest BCUT2D eigenvalue weighted by atomic mass is 35.5. The number of benzene rings is 1. The second kappa shape index (κ2) is 8.45. The highest BCUT2D eigenvalue weighted by molar-refractivity contribution is 7.98. The molecular weight excluding hydrogens is 397 g/mol. The molecule has 0 saturated carbocycles. The van der Waals surface area contributed by atoms with E-state index in [-0.39, 0.29) is 11.5 Å². The molecule has 0 saturated heterocycles. The summed E-state index contributed by atoms with van der Waals surface area (Å²) in [6.45, 7) is 0.487. The Balaban J connectivity index is 1.67. The largest absolute Gasteiger partial charge is 0.349 e. The molecule has 28 heavy (non-hydrogen) atoms. The number of hydrogen-bond acceptors (Lipinski definition) is 4. The van der Waals surface area contributed by atoms with Crippen molar-refractivity contribution in [1.82, 2.24) is 14.5 Å². The Kier molecular flexibility index (Phi) is 5.78. The third-order valence-electron chi connectivity index (χ3n) is 4.96. The first-order chi connectivity index (χ1) is 13.6. The van der Waals surface area contributed by atoms with E-state index >= 15 is 0 Å². The van der Waals surface area contributed by atoms with Crippen LogP contribution in [0.2, 0.25) is 5.02 Å². The van der Waals surface area contributed by atoms with Crippen molar-refractivity contribution < 1.29 is 4.39 Å². The molecule has 0 amide bonds. The van der Waals surface area contributed by atoms with Crippen molar-refractivity contribution >= 4 is 23.4 Å². The summed E-state index contributed by atoms with van der Waals surface area (Å²) >= 11 is 7.53. The molecule has 3 aromatic rings. The summed E-state index contributed by atoms with van der Waals surface area (Å²) in [6.07, 6.45) is 7.30. The van der Waals surface area contributed by atoms with E-state index in [0.717, 1.165) is 42.5 Å². The Labute approximate surface area is 171 Å². The van der Waals surface area contributed by atoms with Gasteiger partial charge in [-0.3, -0.25) is 9.55 Å². The first kappa shape index (κ1) is 19.2. The predicted molar refractivity (Wildman–Crippen MR) is 109 cm³/mol. The third kappa shape index (κ3) is 3.98. The van der Waals surface area contributed by atoms with Crippen LogP contribution in [0.25, 0.3) is 0 Å². The Bertz CT molecular complexity index is 1040. The molecule has 1 aromatic carbocycles. The first-order valence-electron chi connectivity index (χ1n) is 9.20. The van der Waals surface area contributed by atoms with Gasteiger partial charge in [0.05, 0.1) is 6.54 Å². The van der Waals surface area contributed by atoms with Gasteiger partial charge in [-0.2, -0.15) is 4.98 Å². The zero-order chi connectivity index (χ0) is 19.5. The van der Waals surface area contributed by atoms with E-state index in [2.05, 4.69) is 9.97 Å². The molecule has 0 radical (unpaired) electrons. The molecule has 4 rings (SSSR count). The zero-order valence-corrected chi connectivity index (χ0v) is 16.8. The molecule has 1 aliphatic rings. The molecule has 4 nitrogen and oxygen atoms in total. The van der Waals surface area contributed by atoms with Crippen molar-refractivity contribution in [2.45, 2.75) is 43.0 Å². The number of nitrogens with zero attached hydrogens (tertiary/aromatic N) is 3. The molecule has 7 heteroatoms. The van der Waals surface area contributed by atoms with Gasteiger partial charge in [-0.25, -0.2) is 9.18 Å². The van der Waals surface area contributed by atoms with Crippen LogP contribution < -0.4 is 5.69 Å². The Morgan fingerprint density at radius 2 is 1.93 bits per heavy atom. The van der Waals surface area contributed by atoms with E-state index in [0.29, 0.717) is 27.9 Å².